The molecule has 0 fully saturated rings. The number of aryl methyl sites for hydroxylation is 1. The van der Waals surface area contributed by atoms with Gasteiger partial charge in [-0.3, -0.25) is 0 Å². The standard InChI is InChI=1S/C14H20N2O/c1-10-8-13(12(3)16(10)4)9-15-11(2)14-6-5-7-17-14/h5-8,11,15H,9H2,1-4H3/t11-/m1/s1. The van der Waals surface area contributed by atoms with Crippen molar-refractivity contribution in [3.05, 3.63) is 47.2 Å². The number of aromatic nitrogens is 1. The van der Waals surface area contributed by atoms with E-state index in [0.29, 0.717) is 0 Å². The van der Waals surface area contributed by atoms with Crippen molar-refractivity contribution >= 4 is 0 Å². The second kappa shape index (κ2) is 4.80. The van der Waals surface area contributed by atoms with E-state index in [-0.39, 0.29) is 6.04 Å². The minimum absolute atomic E-state index is 0.241. The molecular formula is C14H20N2O. The number of nitrogens with zero attached hydrogens (tertiary/aromatic N) is 1. The van der Waals surface area contributed by atoms with Gasteiger partial charge in [0.05, 0.1) is 12.3 Å². The van der Waals surface area contributed by atoms with E-state index in [9.17, 15) is 0 Å². The summed E-state index contributed by atoms with van der Waals surface area (Å²) in [6.07, 6.45) is 1.71. The first kappa shape index (κ1) is 12.0. The number of rotatable bonds is 4. The Morgan fingerprint density at radius 2 is 2.18 bits per heavy atom. The van der Waals surface area contributed by atoms with Crippen molar-refractivity contribution in [2.75, 3.05) is 0 Å². The van der Waals surface area contributed by atoms with Crippen LogP contribution in [0.3, 0.4) is 0 Å². The molecule has 0 aliphatic heterocycles. The highest BCUT2D eigenvalue weighted by Gasteiger charge is 2.10. The molecular weight excluding hydrogens is 212 g/mol. The molecule has 0 saturated carbocycles. The molecule has 17 heavy (non-hydrogen) atoms. The van der Waals surface area contributed by atoms with Crippen molar-refractivity contribution in [1.29, 1.82) is 0 Å². The summed E-state index contributed by atoms with van der Waals surface area (Å²) < 4.78 is 7.59. The average molecular weight is 232 g/mol. The lowest BCUT2D eigenvalue weighted by atomic mass is 10.2. The third-order valence-electron chi connectivity index (χ3n) is 3.45. The summed E-state index contributed by atoms with van der Waals surface area (Å²) in [5.41, 5.74) is 3.97. The predicted molar refractivity (Wildman–Crippen MR) is 68.8 cm³/mol. The topological polar surface area (TPSA) is 30.1 Å². The van der Waals surface area contributed by atoms with Crippen molar-refractivity contribution in [3.63, 3.8) is 0 Å². The summed E-state index contributed by atoms with van der Waals surface area (Å²) >= 11 is 0. The van der Waals surface area contributed by atoms with Crippen LogP contribution >= 0.6 is 0 Å². The van der Waals surface area contributed by atoms with Crippen LogP contribution < -0.4 is 5.32 Å². The smallest absolute Gasteiger partial charge is 0.120 e. The minimum atomic E-state index is 0.241. The number of hydrogen-bond acceptors (Lipinski definition) is 2. The fourth-order valence-corrected chi connectivity index (χ4v) is 2.01. The van der Waals surface area contributed by atoms with E-state index in [2.05, 4.69) is 43.8 Å². The minimum Gasteiger partial charge on any atom is -0.468 e. The van der Waals surface area contributed by atoms with E-state index >= 15 is 0 Å². The lowest BCUT2D eigenvalue weighted by Crippen LogP contribution is -2.17. The lowest BCUT2D eigenvalue weighted by Gasteiger charge is -2.11. The van der Waals surface area contributed by atoms with Crippen LogP contribution in [0.2, 0.25) is 0 Å². The molecule has 0 aliphatic carbocycles. The Bertz CT molecular complexity index is 483. The third-order valence-corrected chi connectivity index (χ3v) is 3.45. The zero-order chi connectivity index (χ0) is 12.4. The van der Waals surface area contributed by atoms with Gasteiger partial charge in [0, 0.05) is 25.0 Å². The summed E-state index contributed by atoms with van der Waals surface area (Å²) in [5, 5.41) is 3.48. The summed E-state index contributed by atoms with van der Waals surface area (Å²) in [5.74, 6) is 0.982. The molecule has 2 rings (SSSR count). The van der Waals surface area contributed by atoms with Gasteiger partial charge < -0.3 is 14.3 Å². The van der Waals surface area contributed by atoms with Gasteiger partial charge in [-0.05, 0) is 44.5 Å². The van der Waals surface area contributed by atoms with Gasteiger partial charge in [0.2, 0.25) is 0 Å². The normalized spacial score (nSPS) is 12.9. The van der Waals surface area contributed by atoms with E-state index in [1.807, 2.05) is 12.1 Å². The van der Waals surface area contributed by atoms with E-state index < -0.39 is 0 Å². The molecule has 3 nitrogen and oxygen atoms in total. The Morgan fingerprint density at radius 1 is 1.41 bits per heavy atom. The van der Waals surface area contributed by atoms with Crippen molar-refractivity contribution < 1.29 is 4.42 Å². The first-order valence-electron chi connectivity index (χ1n) is 5.98. The average Bonchev–Trinajstić information content (AvgIpc) is 2.91. The number of hydrogen-bond donors (Lipinski definition) is 1. The van der Waals surface area contributed by atoms with Gasteiger partial charge in [-0.2, -0.15) is 0 Å². The van der Waals surface area contributed by atoms with Gasteiger partial charge in [-0.1, -0.05) is 0 Å². The second-order valence-corrected chi connectivity index (χ2v) is 4.57. The van der Waals surface area contributed by atoms with Crippen molar-refractivity contribution in [1.82, 2.24) is 9.88 Å². The van der Waals surface area contributed by atoms with Crippen molar-refractivity contribution in [2.45, 2.75) is 33.4 Å². The first-order valence-corrected chi connectivity index (χ1v) is 5.98. The summed E-state index contributed by atoms with van der Waals surface area (Å²) in [4.78, 5) is 0. The fraction of sp³-hybridized carbons (Fsp3) is 0.429. The Morgan fingerprint density at radius 3 is 2.71 bits per heavy atom. The Labute approximate surface area is 102 Å². The molecule has 0 saturated heterocycles. The van der Waals surface area contributed by atoms with Gasteiger partial charge >= 0.3 is 0 Å². The molecule has 2 heterocycles. The molecule has 2 aromatic heterocycles. The molecule has 0 aromatic carbocycles. The van der Waals surface area contributed by atoms with E-state index in [1.165, 1.54) is 17.0 Å². The van der Waals surface area contributed by atoms with Crippen molar-refractivity contribution in [3.8, 4) is 0 Å². The van der Waals surface area contributed by atoms with Gasteiger partial charge in [0.15, 0.2) is 0 Å². The maximum atomic E-state index is 5.38. The highest BCUT2D eigenvalue weighted by Crippen LogP contribution is 2.16. The summed E-state index contributed by atoms with van der Waals surface area (Å²) in [7, 11) is 2.10. The zero-order valence-corrected chi connectivity index (χ0v) is 10.9. The molecule has 0 aliphatic rings. The fourth-order valence-electron chi connectivity index (χ4n) is 2.01. The van der Waals surface area contributed by atoms with Gasteiger partial charge in [-0.15, -0.1) is 0 Å². The maximum Gasteiger partial charge on any atom is 0.120 e. The highest BCUT2D eigenvalue weighted by atomic mass is 16.3. The maximum absolute atomic E-state index is 5.38. The predicted octanol–water partition coefficient (Wildman–Crippen LogP) is 3.09. The van der Waals surface area contributed by atoms with Crippen LogP contribution in [0.4, 0.5) is 0 Å². The second-order valence-electron chi connectivity index (χ2n) is 4.57. The molecule has 1 N–H and O–H groups in total. The summed E-state index contributed by atoms with van der Waals surface area (Å²) in [6.45, 7) is 7.27. The molecule has 1 atom stereocenters. The molecule has 0 amide bonds. The van der Waals surface area contributed by atoms with E-state index in [4.69, 9.17) is 4.42 Å². The van der Waals surface area contributed by atoms with Crippen LogP contribution in [-0.4, -0.2) is 4.57 Å². The zero-order valence-electron chi connectivity index (χ0n) is 10.9. The lowest BCUT2D eigenvalue weighted by molar-refractivity contribution is 0.430. The largest absolute Gasteiger partial charge is 0.468 e. The third kappa shape index (κ3) is 2.44. The number of furan rings is 1. The number of nitrogens with one attached hydrogen (secondary N) is 1. The molecule has 92 valence electrons. The van der Waals surface area contributed by atoms with Crippen LogP contribution in [0.15, 0.2) is 28.9 Å². The molecule has 0 unspecified atom stereocenters. The van der Waals surface area contributed by atoms with Gasteiger partial charge in [-0.25, -0.2) is 0 Å². The quantitative estimate of drug-likeness (QED) is 0.878. The molecule has 0 radical (unpaired) electrons. The van der Waals surface area contributed by atoms with E-state index in [0.717, 1.165) is 12.3 Å². The molecule has 2 aromatic rings. The van der Waals surface area contributed by atoms with Crippen LogP contribution in [-0.2, 0) is 13.6 Å². The molecule has 0 bridgehead atoms. The van der Waals surface area contributed by atoms with Crippen molar-refractivity contribution in [2.24, 2.45) is 7.05 Å². The molecule has 3 heteroatoms. The van der Waals surface area contributed by atoms with Crippen LogP contribution in [0.5, 0.6) is 0 Å². The summed E-state index contributed by atoms with van der Waals surface area (Å²) in [6, 6.07) is 6.40. The van der Waals surface area contributed by atoms with Crippen LogP contribution in [0, 0.1) is 13.8 Å². The van der Waals surface area contributed by atoms with Gasteiger partial charge in [0.25, 0.3) is 0 Å². The molecule has 0 spiro atoms. The monoisotopic (exact) mass is 232 g/mol. The Balaban J connectivity index is 2.00. The van der Waals surface area contributed by atoms with Gasteiger partial charge in [0.1, 0.15) is 5.76 Å². The first-order chi connectivity index (χ1) is 8.09. The Hall–Kier alpha value is -1.48. The Kier molecular flexibility index (Phi) is 3.38. The SMILES string of the molecule is Cc1cc(CN[C@H](C)c2ccco2)c(C)n1C. The van der Waals surface area contributed by atoms with Crippen LogP contribution in [0.25, 0.3) is 0 Å². The highest BCUT2D eigenvalue weighted by molar-refractivity contribution is 5.26. The van der Waals surface area contributed by atoms with Crippen LogP contribution in [0.1, 0.15) is 35.7 Å². The van der Waals surface area contributed by atoms with E-state index in [1.54, 1.807) is 6.26 Å².